The van der Waals surface area contributed by atoms with E-state index in [0.717, 1.165) is 32.0 Å². The van der Waals surface area contributed by atoms with Gasteiger partial charge in [0.25, 0.3) is 0 Å². The van der Waals surface area contributed by atoms with Crippen molar-refractivity contribution in [1.82, 2.24) is 15.1 Å². The van der Waals surface area contributed by atoms with E-state index >= 15 is 0 Å². The molecule has 1 aliphatic heterocycles. The van der Waals surface area contributed by atoms with Gasteiger partial charge in [-0.15, -0.1) is 10.2 Å². The fraction of sp³-hybridized carbons (Fsp3) is 0.556. The molecule has 0 aliphatic carbocycles. The predicted molar refractivity (Wildman–Crippen MR) is 56.8 cm³/mol. The largest absolute Gasteiger partial charge is 0.353 e. The second-order valence-electron chi connectivity index (χ2n) is 3.50. The van der Waals surface area contributed by atoms with E-state index < -0.39 is 0 Å². The first-order chi connectivity index (χ1) is 6.75. The molecule has 5 heteroatoms. The van der Waals surface area contributed by atoms with Gasteiger partial charge in [0.2, 0.25) is 0 Å². The summed E-state index contributed by atoms with van der Waals surface area (Å²) in [6.07, 6.45) is 0. The Bertz CT molecular complexity index is 292. The van der Waals surface area contributed by atoms with Gasteiger partial charge in [0.15, 0.2) is 11.0 Å². The van der Waals surface area contributed by atoms with Gasteiger partial charge in [-0.25, -0.2) is 0 Å². The van der Waals surface area contributed by atoms with Gasteiger partial charge in [-0.05, 0) is 19.2 Å². The summed E-state index contributed by atoms with van der Waals surface area (Å²) in [5.74, 6) is 0.919. The number of likely N-dealkylation sites (N-methyl/N-ethyl adjacent to an activating group) is 1. The molecule has 0 spiro atoms. The van der Waals surface area contributed by atoms with Crippen LogP contribution in [-0.2, 0) is 0 Å². The third-order valence-corrected chi connectivity index (χ3v) is 2.65. The minimum Gasteiger partial charge on any atom is -0.353 e. The zero-order valence-corrected chi connectivity index (χ0v) is 8.91. The molecule has 1 aliphatic rings. The predicted octanol–water partition coefficient (Wildman–Crippen LogP) is 0.882. The Balaban J connectivity index is 2.05. The minimum absolute atomic E-state index is 0.447. The summed E-state index contributed by atoms with van der Waals surface area (Å²) < 4.78 is 0. The van der Waals surface area contributed by atoms with Gasteiger partial charge in [0.05, 0.1) is 0 Å². The molecule has 2 heterocycles. The summed E-state index contributed by atoms with van der Waals surface area (Å²) in [5.41, 5.74) is 0. The lowest BCUT2D eigenvalue weighted by atomic mass is 10.3. The molecular weight excluding hydrogens is 200 g/mol. The van der Waals surface area contributed by atoms with Crippen LogP contribution >= 0.6 is 11.6 Å². The molecule has 4 nitrogen and oxygen atoms in total. The number of halogens is 1. The van der Waals surface area contributed by atoms with Gasteiger partial charge in [-0.3, -0.25) is 0 Å². The van der Waals surface area contributed by atoms with Crippen LogP contribution in [-0.4, -0.2) is 48.3 Å². The van der Waals surface area contributed by atoms with Gasteiger partial charge in [-0.2, -0.15) is 0 Å². The number of nitrogens with zero attached hydrogens (tertiary/aromatic N) is 4. The first-order valence-electron chi connectivity index (χ1n) is 4.68. The average Bonchev–Trinajstić information content (AvgIpc) is 2.21. The van der Waals surface area contributed by atoms with Crippen molar-refractivity contribution in [3.05, 3.63) is 17.3 Å². The van der Waals surface area contributed by atoms with Crippen LogP contribution in [0.15, 0.2) is 12.1 Å². The normalized spacial score (nSPS) is 18.6. The standard InChI is InChI=1S/C9H13ClN4/c1-13-4-6-14(7-5-13)9-3-2-8(10)11-12-9/h2-3H,4-7H2,1H3. The highest BCUT2D eigenvalue weighted by Gasteiger charge is 2.15. The first kappa shape index (κ1) is 9.68. The molecule has 0 saturated carbocycles. The molecule has 0 bridgehead atoms. The highest BCUT2D eigenvalue weighted by atomic mass is 35.5. The molecule has 0 radical (unpaired) electrons. The summed E-state index contributed by atoms with van der Waals surface area (Å²) in [5, 5.41) is 8.33. The molecule has 1 fully saturated rings. The molecule has 0 atom stereocenters. The van der Waals surface area contributed by atoms with E-state index in [4.69, 9.17) is 11.6 Å². The molecule has 76 valence electrons. The Morgan fingerprint density at radius 1 is 1.14 bits per heavy atom. The van der Waals surface area contributed by atoms with E-state index in [-0.39, 0.29) is 0 Å². The molecule has 1 aromatic rings. The third-order valence-electron chi connectivity index (χ3n) is 2.45. The lowest BCUT2D eigenvalue weighted by Gasteiger charge is -2.32. The third kappa shape index (κ3) is 2.13. The summed E-state index contributed by atoms with van der Waals surface area (Å²) in [7, 11) is 2.13. The van der Waals surface area contributed by atoms with Gasteiger partial charge >= 0.3 is 0 Å². The Labute approximate surface area is 88.5 Å². The van der Waals surface area contributed by atoms with Gasteiger partial charge in [0, 0.05) is 26.2 Å². The van der Waals surface area contributed by atoms with Crippen molar-refractivity contribution < 1.29 is 0 Å². The van der Waals surface area contributed by atoms with E-state index in [0.29, 0.717) is 5.15 Å². The second-order valence-corrected chi connectivity index (χ2v) is 3.89. The van der Waals surface area contributed by atoms with Crippen molar-refractivity contribution in [3.8, 4) is 0 Å². The molecule has 0 N–H and O–H groups in total. The Hall–Kier alpha value is -0.870. The zero-order valence-electron chi connectivity index (χ0n) is 8.15. The Morgan fingerprint density at radius 3 is 2.43 bits per heavy atom. The van der Waals surface area contributed by atoms with Crippen molar-refractivity contribution in [2.45, 2.75) is 0 Å². The van der Waals surface area contributed by atoms with Crippen molar-refractivity contribution >= 4 is 17.4 Å². The van der Waals surface area contributed by atoms with Crippen molar-refractivity contribution in [3.63, 3.8) is 0 Å². The number of rotatable bonds is 1. The smallest absolute Gasteiger partial charge is 0.151 e. The number of aromatic nitrogens is 2. The summed E-state index contributed by atoms with van der Waals surface area (Å²) in [4.78, 5) is 4.53. The van der Waals surface area contributed by atoms with Gasteiger partial charge in [-0.1, -0.05) is 11.6 Å². The van der Waals surface area contributed by atoms with Crippen molar-refractivity contribution in [1.29, 1.82) is 0 Å². The number of piperazine rings is 1. The van der Waals surface area contributed by atoms with Crippen LogP contribution in [0.5, 0.6) is 0 Å². The molecule has 0 aromatic carbocycles. The van der Waals surface area contributed by atoms with Gasteiger partial charge < -0.3 is 9.80 Å². The van der Waals surface area contributed by atoms with Crippen molar-refractivity contribution in [2.75, 3.05) is 38.1 Å². The van der Waals surface area contributed by atoms with E-state index in [1.165, 1.54) is 0 Å². The Kier molecular flexibility index (Phi) is 2.84. The number of anilines is 1. The van der Waals surface area contributed by atoms with Crippen LogP contribution in [0.4, 0.5) is 5.82 Å². The zero-order chi connectivity index (χ0) is 9.97. The van der Waals surface area contributed by atoms with Crippen LogP contribution in [0.1, 0.15) is 0 Å². The Morgan fingerprint density at radius 2 is 1.86 bits per heavy atom. The maximum atomic E-state index is 5.67. The van der Waals surface area contributed by atoms with Crippen LogP contribution in [0.2, 0.25) is 5.15 Å². The fourth-order valence-corrected chi connectivity index (χ4v) is 1.61. The van der Waals surface area contributed by atoms with E-state index in [1.54, 1.807) is 6.07 Å². The monoisotopic (exact) mass is 212 g/mol. The topological polar surface area (TPSA) is 32.3 Å². The van der Waals surface area contributed by atoms with Crippen molar-refractivity contribution in [2.24, 2.45) is 0 Å². The van der Waals surface area contributed by atoms with Crippen LogP contribution < -0.4 is 4.90 Å². The van der Waals surface area contributed by atoms with E-state index in [2.05, 4.69) is 27.0 Å². The van der Waals surface area contributed by atoms with Crippen LogP contribution in [0.25, 0.3) is 0 Å². The highest BCUT2D eigenvalue weighted by molar-refractivity contribution is 6.29. The quantitative estimate of drug-likeness (QED) is 0.692. The number of hydrogen-bond donors (Lipinski definition) is 0. The first-order valence-corrected chi connectivity index (χ1v) is 5.06. The highest BCUT2D eigenvalue weighted by Crippen LogP contribution is 2.13. The van der Waals surface area contributed by atoms with E-state index in [9.17, 15) is 0 Å². The lowest BCUT2D eigenvalue weighted by molar-refractivity contribution is 0.312. The summed E-state index contributed by atoms with van der Waals surface area (Å²) >= 11 is 5.67. The van der Waals surface area contributed by atoms with Gasteiger partial charge in [0.1, 0.15) is 0 Å². The average molecular weight is 213 g/mol. The minimum atomic E-state index is 0.447. The molecule has 2 rings (SSSR count). The molecule has 1 saturated heterocycles. The lowest BCUT2D eigenvalue weighted by Crippen LogP contribution is -2.44. The molecule has 1 aromatic heterocycles. The van der Waals surface area contributed by atoms with E-state index in [1.807, 2.05) is 6.07 Å². The molecule has 0 amide bonds. The molecule has 14 heavy (non-hydrogen) atoms. The molecule has 0 unspecified atom stereocenters. The fourth-order valence-electron chi connectivity index (χ4n) is 1.51. The number of hydrogen-bond acceptors (Lipinski definition) is 4. The second kappa shape index (κ2) is 4.11. The molecular formula is C9H13ClN4. The summed E-state index contributed by atoms with van der Waals surface area (Å²) in [6, 6.07) is 3.70. The summed E-state index contributed by atoms with van der Waals surface area (Å²) in [6.45, 7) is 4.16. The van der Waals surface area contributed by atoms with Crippen LogP contribution in [0, 0.1) is 0 Å². The maximum absolute atomic E-state index is 5.67. The maximum Gasteiger partial charge on any atom is 0.151 e. The van der Waals surface area contributed by atoms with Crippen LogP contribution in [0.3, 0.4) is 0 Å². The SMILES string of the molecule is CN1CCN(c2ccc(Cl)nn2)CC1.